The smallest absolute Gasteiger partial charge is 0.261 e. The number of amides is 1. The summed E-state index contributed by atoms with van der Waals surface area (Å²) >= 11 is 0. The molecule has 1 atom stereocenters. The number of likely N-dealkylation sites (tertiary alicyclic amines) is 1. The highest BCUT2D eigenvalue weighted by Crippen LogP contribution is 2.16. The highest BCUT2D eigenvalue weighted by atomic mass is 16.2. The molecular formula is C18H24N4O2. The molecule has 1 saturated heterocycles. The number of hydrogen-bond donors (Lipinski definition) is 1. The van der Waals surface area contributed by atoms with E-state index >= 15 is 0 Å². The Morgan fingerprint density at radius 1 is 1.38 bits per heavy atom. The zero-order valence-corrected chi connectivity index (χ0v) is 14.1. The Kier molecular flexibility index (Phi) is 5.25. The topological polar surface area (TPSA) is 67.2 Å². The number of fused-ring (bicyclic) bond motifs is 1. The summed E-state index contributed by atoms with van der Waals surface area (Å²) in [6.07, 6.45) is 4.10. The van der Waals surface area contributed by atoms with Gasteiger partial charge in [0.15, 0.2) is 0 Å². The van der Waals surface area contributed by atoms with Crippen LogP contribution >= 0.6 is 0 Å². The molecule has 0 spiro atoms. The average Bonchev–Trinajstić information content (AvgIpc) is 2.62. The molecule has 1 N–H and O–H groups in total. The van der Waals surface area contributed by atoms with Crippen molar-refractivity contribution in [2.24, 2.45) is 5.92 Å². The van der Waals surface area contributed by atoms with Gasteiger partial charge >= 0.3 is 0 Å². The summed E-state index contributed by atoms with van der Waals surface area (Å²) in [5.41, 5.74) is 0.608. The summed E-state index contributed by atoms with van der Waals surface area (Å²) in [6, 6.07) is 7.29. The lowest BCUT2D eigenvalue weighted by atomic mass is 9.98. The first-order chi connectivity index (χ1) is 11.7. The molecule has 3 rings (SSSR count). The van der Waals surface area contributed by atoms with Gasteiger partial charge in [-0.1, -0.05) is 12.1 Å². The molecule has 2 heterocycles. The van der Waals surface area contributed by atoms with E-state index in [1.165, 1.54) is 17.3 Å². The van der Waals surface area contributed by atoms with E-state index in [-0.39, 0.29) is 11.5 Å². The third-order valence-corrected chi connectivity index (χ3v) is 4.66. The van der Waals surface area contributed by atoms with Crippen LogP contribution in [0.4, 0.5) is 0 Å². The number of nitrogens with one attached hydrogen (secondary N) is 1. The third-order valence-electron chi connectivity index (χ3n) is 4.66. The number of aromatic nitrogens is 2. The molecule has 1 fully saturated rings. The van der Waals surface area contributed by atoms with Gasteiger partial charge in [-0.2, -0.15) is 0 Å². The van der Waals surface area contributed by atoms with Crippen LogP contribution < -0.4 is 10.9 Å². The number of hydrogen-bond acceptors (Lipinski definition) is 4. The van der Waals surface area contributed by atoms with Gasteiger partial charge in [0, 0.05) is 26.1 Å². The van der Waals surface area contributed by atoms with Crippen LogP contribution in [0.1, 0.15) is 19.3 Å². The van der Waals surface area contributed by atoms with Crippen molar-refractivity contribution >= 4 is 16.8 Å². The Morgan fingerprint density at radius 2 is 2.21 bits per heavy atom. The van der Waals surface area contributed by atoms with Gasteiger partial charge in [-0.05, 0) is 44.5 Å². The lowest BCUT2D eigenvalue weighted by Crippen LogP contribution is -2.42. The zero-order valence-electron chi connectivity index (χ0n) is 14.1. The van der Waals surface area contributed by atoms with Crippen LogP contribution in [-0.2, 0) is 11.3 Å². The highest BCUT2D eigenvalue weighted by Gasteiger charge is 2.22. The second-order valence-electron chi connectivity index (χ2n) is 6.42. The monoisotopic (exact) mass is 328 g/mol. The number of aryl methyl sites for hydroxylation is 1. The maximum atomic E-state index is 12.5. The molecule has 1 amide bonds. The maximum Gasteiger partial charge on any atom is 0.261 e. The van der Waals surface area contributed by atoms with Crippen LogP contribution in [0.3, 0.4) is 0 Å². The molecule has 1 aliphatic heterocycles. The van der Waals surface area contributed by atoms with E-state index in [2.05, 4.69) is 10.3 Å². The first-order valence-electron chi connectivity index (χ1n) is 8.55. The second kappa shape index (κ2) is 7.57. The van der Waals surface area contributed by atoms with Gasteiger partial charge in [-0.3, -0.25) is 14.2 Å². The number of nitrogens with zero attached hydrogens (tertiary/aromatic N) is 3. The van der Waals surface area contributed by atoms with Crippen molar-refractivity contribution in [1.29, 1.82) is 0 Å². The normalized spacial score (nSPS) is 18.0. The van der Waals surface area contributed by atoms with Gasteiger partial charge in [0.1, 0.15) is 0 Å². The van der Waals surface area contributed by atoms with Crippen LogP contribution in [0.5, 0.6) is 0 Å². The van der Waals surface area contributed by atoms with Crippen molar-refractivity contribution in [2.75, 3.05) is 26.7 Å². The van der Waals surface area contributed by atoms with Crippen molar-refractivity contribution in [3.05, 3.63) is 40.9 Å². The molecule has 2 aromatic rings. The number of carbonyl (C=O) groups excluding carboxylic acids is 1. The van der Waals surface area contributed by atoms with Crippen molar-refractivity contribution in [3.8, 4) is 0 Å². The molecule has 0 radical (unpaired) electrons. The fourth-order valence-corrected chi connectivity index (χ4v) is 3.39. The van der Waals surface area contributed by atoms with Crippen LogP contribution in [0.25, 0.3) is 10.9 Å². The largest absolute Gasteiger partial charge is 0.342 e. The molecular weight excluding hydrogens is 304 g/mol. The molecule has 128 valence electrons. The van der Waals surface area contributed by atoms with Crippen LogP contribution in [-0.4, -0.2) is 47.0 Å². The summed E-state index contributed by atoms with van der Waals surface area (Å²) in [4.78, 5) is 31.1. The second-order valence-corrected chi connectivity index (χ2v) is 6.42. The van der Waals surface area contributed by atoms with Crippen molar-refractivity contribution in [3.63, 3.8) is 0 Å². The number of rotatable bonds is 5. The number of carbonyl (C=O) groups is 1. The molecule has 6 heteroatoms. The predicted octanol–water partition coefficient (Wildman–Crippen LogP) is 1.24. The summed E-state index contributed by atoms with van der Waals surface area (Å²) in [6.45, 7) is 2.95. The summed E-state index contributed by atoms with van der Waals surface area (Å²) in [5.74, 6) is 0.647. The Labute approximate surface area is 141 Å². The van der Waals surface area contributed by atoms with E-state index in [1.54, 1.807) is 6.07 Å². The summed E-state index contributed by atoms with van der Waals surface area (Å²) in [5, 5.41) is 3.78. The Bertz CT molecular complexity index is 769. The first-order valence-corrected chi connectivity index (χ1v) is 8.55. The van der Waals surface area contributed by atoms with E-state index in [4.69, 9.17) is 0 Å². The van der Waals surface area contributed by atoms with E-state index in [9.17, 15) is 9.59 Å². The number of benzene rings is 1. The quantitative estimate of drug-likeness (QED) is 0.897. The first kappa shape index (κ1) is 16.6. The van der Waals surface area contributed by atoms with Gasteiger partial charge in [-0.15, -0.1) is 0 Å². The van der Waals surface area contributed by atoms with Gasteiger partial charge in [0.2, 0.25) is 5.91 Å². The van der Waals surface area contributed by atoms with Gasteiger partial charge in [0.25, 0.3) is 5.56 Å². The summed E-state index contributed by atoms with van der Waals surface area (Å²) < 4.78 is 1.54. The van der Waals surface area contributed by atoms with Crippen LogP contribution in [0.2, 0.25) is 0 Å². The minimum absolute atomic E-state index is 0.0832. The molecule has 1 aromatic carbocycles. The lowest BCUT2D eigenvalue weighted by molar-refractivity contribution is -0.133. The maximum absolute atomic E-state index is 12.5. The minimum Gasteiger partial charge on any atom is -0.342 e. The minimum atomic E-state index is -0.0832. The summed E-state index contributed by atoms with van der Waals surface area (Å²) in [7, 11) is 1.94. The van der Waals surface area contributed by atoms with E-state index in [1.807, 2.05) is 30.1 Å². The Balaban J connectivity index is 1.64. The average molecular weight is 328 g/mol. The van der Waals surface area contributed by atoms with E-state index in [0.717, 1.165) is 26.1 Å². The van der Waals surface area contributed by atoms with E-state index in [0.29, 0.717) is 29.8 Å². The molecule has 1 unspecified atom stereocenters. The fourth-order valence-electron chi connectivity index (χ4n) is 3.39. The number of para-hydroxylation sites is 1. The van der Waals surface area contributed by atoms with Crippen LogP contribution in [0.15, 0.2) is 35.4 Å². The molecule has 0 aliphatic carbocycles. The standard InChI is InChI=1S/C18H24N4O2/c1-19-11-14-5-4-9-21(12-14)17(23)8-10-22-13-20-16-7-3-2-6-15(16)18(22)24/h2-3,6-7,13-14,19H,4-5,8-12H2,1H3. The van der Waals surface area contributed by atoms with Crippen molar-refractivity contribution < 1.29 is 4.79 Å². The fraction of sp³-hybridized carbons (Fsp3) is 0.500. The molecule has 0 saturated carbocycles. The SMILES string of the molecule is CNCC1CCCN(C(=O)CCn2cnc3ccccc3c2=O)C1. The Hall–Kier alpha value is -2.21. The third kappa shape index (κ3) is 3.64. The Morgan fingerprint density at radius 3 is 3.04 bits per heavy atom. The molecule has 0 bridgehead atoms. The van der Waals surface area contributed by atoms with Gasteiger partial charge in [-0.25, -0.2) is 4.98 Å². The number of piperidine rings is 1. The van der Waals surface area contributed by atoms with E-state index < -0.39 is 0 Å². The van der Waals surface area contributed by atoms with Crippen molar-refractivity contribution in [1.82, 2.24) is 19.8 Å². The molecule has 24 heavy (non-hydrogen) atoms. The van der Waals surface area contributed by atoms with Crippen LogP contribution in [0, 0.1) is 5.92 Å². The van der Waals surface area contributed by atoms with Gasteiger partial charge in [0.05, 0.1) is 17.2 Å². The van der Waals surface area contributed by atoms with Gasteiger partial charge < -0.3 is 10.2 Å². The zero-order chi connectivity index (χ0) is 16.9. The highest BCUT2D eigenvalue weighted by molar-refractivity contribution is 5.77. The lowest BCUT2D eigenvalue weighted by Gasteiger charge is -2.32. The molecule has 1 aliphatic rings. The molecule has 1 aromatic heterocycles. The van der Waals surface area contributed by atoms with Crippen molar-refractivity contribution in [2.45, 2.75) is 25.8 Å². The predicted molar refractivity (Wildman–Crippen MR) is 93.9 cm³/mol. The molecule has 6 nitrogen and oxygen atoms in total.